The summed E-state index contributed by atoms with van der Waals surface area (Å²) in [6.07, 6.45) is 4.47. The minimum atomic E-state index is -0.426. The van der Waals surface area contributed by atoms with Gasteiger partial charge in [-0.1, -0.05) is 6.08 Å². The SMILES string of the molecule is CC(=O)O[C@H]1CCC=C[C@H]1OC(C)=O. The van der Waals surface area contributed by atoms with Crippen LogP contribution in [0.2, 0.25) is 0 Å². The molecular formula is C10H14O4. The fourth-order valence-corrected chi connectivity index (χ4v) is 1.43. The van der Waals surface area contributed by atoms with Gasteiger partial charge >= 0.3 is 11.9 Å². The van der Waals surface area contributed by atoms with Gasteiger partial charge in [-0.25, -0.2) is 0 Å². The number of rotatable bonds is 2. The minimum absolute atomic E-state index is 0.332. The van der Waals surface area contributed by atoms with Gasteiger partial charge in [-0.15, -0.1) is 0 Å². The highest BCUT2D eigenvalue weighted by atomic mass is 16.6. The Morgan fingerprint density at radius 2 is 1.86 bits per heavy atom. The summed E-state index contributed by atoms with van der Waals surface area (Å²) in [5.74, 6) is -0.707. The van der Waals surface area contributed by atoms with E-state index in [4.69, 9.17) is 9.47 Å². The Hall–Kier alpha value is -1.32. The second-order valence-electron chi connectivity index (χ2n) is 3.23. The van der Waals surface area contributed by atoms with E-state index in [1.165, 1.54) is 13.8 Å². The van der Waals surface area contributed by atoms with Crippen LogP contribution in [-0.4, -0.2) is 24.1 Å². The fourth-order valence-electron chi connectivity index (χ4n) is 1.43. The van der Waals surface area contributed by atoms with E-state index in [1.54, 1.807) is 6.08 Å². The van der Waals surface area contributed by atoms with E-state index < -0.39 is 6.10 Å². The van der Waals surface area contributed by atoms with E-state index in [-0.39, 0.29) is 18.0 Å². The molecule has 14 heavy (non-hydrogen) atoms. The quantitative estimate of drug-likeness (QED) is 0.494. The van der Waals surface area contributed by atoms with Crippen LogP contribution in [0.1, 0.15) is 26.7 Å². The van der Waals surface area contributed by atoms with Gasteiger partial charge in [-0.2, -0.15) is 0 Å². The van der Waals surface area contributed by atoms with E-state index >= 15 is 0 Å². The summed E-state index contributed by atoms with van der Waals surface area (Å²) in [6, 6.07) is 0. The van der Waals surface area contributed by atoms with Gasteiger partial charge in [0.1, 0.15) is 6.10 Å². The molecule has 1 aliphatic carbocycles. The van der Waals surface area contributed by atoms with Crippen molar-refractivity contribution < 1.29 is 19.1 Å². The van der Waals surface area contributed by atoms with Crippen molar-refractivity contribution in [1.29, 1.82) is 0 Å². The average molecular weight is 198 g/mol. The summed E-state index contributed by atoms with van der Waals surface area (Å²) in [6.45, 7) is 2.69. The van der Waals surface area contributed by atoms with E-state index in [1.807, 2.05) is 6.08 Å². The Labute approximate surface area is 82.9 Å². The molecule has 0 heterocycles. The van der Waals surface area contributed by atoms with E-state index in [2.05, 4.69) is 0 Å². The molecule has 0 aromatic carbocycles. The van der Waals surface area contributed by atoms with Gasteiger partial charge in [-0.05, 0) is 18.9 Å². The molecule has 0 aromatic rings. The van der Waals surface area contributed by atoms with Crippen LogP contribution in [0.5, 0.6) is 0 Å². The lowest BCUT2D eigenvalue weighted by Crippen LogP contribution is -2.34. The van der Waals surface area contributed by atoms with Crippen LogP contribution in [0.3, 0.4) is 0 Å². The van der Waals surface area contributed by atoms with Gasteiger partial charge in [0.2, 0.25) is 0 Å². The monoisotopic (exact) mass is 198 g/mol. The first-order valence-electron chi connectivity index (χ1n) is 4.60. The number of ether oxygens (including phenoxy) is 2. The molecule has 0 bridgehead atoms. The number of carbonyl (C=O) groups is 2. The van der Waals surface area contributed by atoms with Gasteiger partial charge in [0, 0.05) is 13.8 Å². The lowest BCUT2D eigenvalue weighted by Gasteiger charge is -2.26. The van der Waals surface area contributed by atoms with Crippen molar-refractivity contribution in [3.63, 3.8) is 0 Å². The molecule has 1 aliphatic rings. The molecule has 0 aromatic heterocycles. The molecule has 0 amide bonds. The predicted octanol–water partition coefficient (Wildman–Crippen LogP) is 1.20. The molecule has 2 atom stereocenters. The van der Waals surface area contributed by atoms with Crippen molar-refractivity contribution in [3.8, 4) is 0 Å². The van der Waals surface area contributed by atoms with Gasteiger partial charge in [-0.3, -0.25) is 9.59 Å². The smallest absolute Gasteiger partial charge is 0.303 e. The first-order chi connectivity index (χ1) is 6.59. The Kier molecular flexibility index (Phi) is 3.68. The first-order valence-corrected chi connectivity index (χ1v) is 4.60. The average Bonchev–Trinajstić information content (AvgIpc) is 2.06. The van der Waals surface area contributed by atoms with Crippen LogP contribution in [0, 0.1) is 0 Å². The van der Waals surface area contributed by atoms with Crippen LogP contribution in [0.4, 0.5) is 0 Å². The van der Waals surface area contributed by atoms with Crippen molar-refractivity contribution in [1.82, 2.24) is 0 Å². The molecule has 4 nitrogen and oxygen atoms in total. The number of allylic oxidation sites excluding steroid dienone is 1. The van der Waals surface area contributed by atoms with Gasteiger partial charge in [0.05, 0.1) is 0 Å². The lowest BCUT2D eigenvalue weighted by atomic mass is 10.0. The third-order valence-electron chi connectivity index (χ3n) is 1.93. The third kappa shape index (κ3) is 3.20. The Morgan fingerprint density at radius 1 is 1.21 bits per heavy atom. The van der Waals surface area contributed by atoms with Crippen LogP contribution < -0.4 is 0 Å². The summed E-state index contributed by atoms with van der Waals surface area (Å²) in [7, 11) is 0. The van der Waals surface area contributed by atoms with Crippen molar-refractivity contribution >= 4 is 11.9 Å². The summed E-state index contributed by atoms with van der Waals surface area (Å²) >= 11 is 0. The van der Waals surface area contributed by atoms with Crippen molar-refractivity contribution in [2.45, 2.75) is 38.9 Å². The number of hydrogen-bond acceptors (Lipinski definition) is 4. The summed E-state index contributed by atoms with van der Waals surface area (Å²) < 4.78 is 10.0. The Morgan fingerprint density at radius 3 is 2.43 bits per heavy atom. The molecule has 78 valence electrons. The zero-order valence-electron chi connectivity index (χ0n) is 8.36. The van der Waals surface area contributed by atoms with E-state index in [0.717, 1.165) is 6.42 Å². The highest BCUT2D eigenvalue weighted by molar-refractivity contribution is 5.67. The minimum Gasteiger partial charge on any atom is -0.458 e. The summed E-state index contributed by atoms with van der Waals surface area (Å²) in [5.41, 5.74) is 0. The van der Waals surface area contributed by atoms with E-state index in [0.29, 0.717) is 6.42 Å². The van der Waals surface area contributed by atoms with Crippen LogP contribution >= 0.6 is 0 Å². The van der Waals surface area contributed by atoms with Gasteiger partial charge in [0.15, 0.2) is 6.10 Å². The highest BCUT2D eigenvalue weighted by Gasteiger charge is 2.26. The molecule has 0 N–H and O–H groups in total. The fraction of sp³-hybridized carbons (Fsp3) is 0.600. The molecule has 4 heteroatoms. The highest BCUT2D eigenvalue weighted by Crippen LogP contribution is 2.18. The van der Waals surface area contributed by atoms with Crippen molar-refractivity contribution in [3.05, 3.63) is 12.2 Å². The number of esters is 2. The predicted molar refractivity (Wildman–Crippen MR) is 49.5 cm³/mol. The molecule has 0 saturated heterocycles. The van der Waals surface area contributed by atoms with Gasteiger partial charge < -0.3 is 9.47 Å². The molecule has 0 fully saturated rings. The summed E-state index contributed by atoms with van der Waals surface area (Å²) in [5, 5.41) is 0. The zero-order valence-corrected chi connectivity index (χ0v) is 8.36. The lowest BCUT2D eigenvalue weighted by molar-refractivity contribution is -0.162. The first kappa shape index (κ1) is 10.8. The molecule has 0 aliphatic heterocycles. The number of carbonyl (C=O) groups excluding carboxylic acids is 2. The maximum Gasteiger partial charge on any atom is 0.303 e. The van der Waals surface area contributed by atoms with Crippen LogP contribution in [-0.2, 0) is 19.1 Å². The standard InChI is InChI=1S/C10H14O4/c1-7(11)13-9-5-3-4-6-10(9)14-8(2)12/h3,5,9-10H,4,6H2,1-2H3/t9-,10+/m1/s1. The summed E-state index contributed by atoms with van der Waals surface area (Å²) in [4.78, 5) is 21.5. The topological polar surface area (TPSA) is 52.6 Å². The van der Waals surface area contributed by atoms with Gasteiger partial charge in [0.25, 0.3) is 0 Å². The second kappa shape index (κ2) is 4.79. The third-order valence-corrected chi connectivity index (χ3v) is 1.93. The Balaban J connectivity index is 2.57. The largest absolute Gasteiger partial charge is 0.458 e. The molecule has 1 rings (SSSR count). The molecular weight excluding hydrogens is 184 g/mol. The molecule has 0 unspecified atom stereocenters. The van der Waals surface area contributed by atoms with E-state index in [9.17, 15) is 9.59 Å². The van der Waals surface area contributed by atoms with Crippen molar-refractivity contribution in [2.24, 2.45) is 0 Å². The second-order valence-corrected chi connectivity index (χ2v) is 3.23. The molecule has 0 spiro atoms. The maximum atomic E-state index is 10.8. The zero-order chi connectivity index (χ0) is 10.6. The normalized spacial score (nSPS) is 25.6. The number of hydrogen-bond donors (Lipinski definition) is 0. The molecule has 0 radical (unpaired) electrons. The van der Waals surface area contributed by atoms with Crippen molar-refractivity contribution in [2.75, 3.05) is 0 Å². The maximum absolute atomic E-state index is 10.8. The molecule has 0 saturated carbocycles. The van der Waals surface area contributed by atoms with Crippen LogP contribution in [0.25, 0.3) is 0 Å². The Bertz CT molecular complexity index is 257. The van der Waals surface area contributed by atoms with Crippen LogP contribution in [0.15, 0.2) is 12.2 Å².